The van der Waals surface area contributed by atoms with Gasteiger partial charge in [0.1, 0.15) is 54.4 Å². The molecule has 2 rings (SSSR count). The summed E-state index contributed by atoms with van der Waals surface area (Å²) in [6, 6.07) is -9.60. The van der Waals surface area contributed by atoms with Gasteiger partial charge >= 0.3 is 0 Å². The fourth-order valence-electron chi connectivity index (χ4n) is 7.55. The van der Waals surface area contributed by atoms with E-state index in [9.17, 15) is 68.4 Å². The Bertz CT molecular complexity index is 2180. The van der Waals surface area contributed by atoms with Gasteiger partial charge in [-0.25, -0.2) is 0 Å². The van der Waals surface area contributed by atoms with E-state index in [-0.39, 0.29) is 49.7 Å². The molecule has 1 aliphatic rings. The number of primary amides is 1. The molecule has 28 nitrogen and oxygen atoms in total. The summed E-state index contributed by atoms with van der Waals surface area (Å²) < 4.78 is 0. The second-order valence-electron chi connectivity index (χ2n) is 19.3. The number of nitrogens with one attached hydrogen (secondary N) is 9. The summed E-state index contributed by atoms with van der Waals surface area (Å²) in [7, 11) is 0. The third-order valence-corrected chi connectivity index (χ3v) is 12.3. The number of carbonyl (C=O) groups excluding carboxylic acids is 10. The van der Waals surface area contributed by atoms with Crippen molar-refractivity contribution in [1.29, 1.82) is 0 Å². The van der Waals surface area contributed by atoms with E-state index in [0.29, 0.717) is 0 Å². The van der Waals surface area contributed by atoms with Crippen molar-refractivity contribution < 1.29 is 68.4 Å². The van der Waals surface area contributed by atoms with Gasteiger partial charge in [-0.15, -0.1) is 0 Å². The largest absolute Gasteiger partial charge is 0.394 e. The maximum atomic E-state index is 14.3. The van der Waals surface area contributed by atoms with Crippen molar-refractivity contribution in [3.8, 4) is 0 Å². The molecule has 1 unspecified atom stereocenters. The first-order chi connectivity index (χ1) is 35.1. The molecular weight excluding hydrogens is 985 g/mol. The molecule has 1 aromatic carbocycles. The van der Waals surface area contributed by atoms with Crippen LogP contribution >= 0.6 is 0 Å². The summed E-state index contributed by atoms with van der Waals surface area (Å²) in [6.45, 7) is 10.9. The predicted octanol–water partition coefficient (Wildman–Crippen LogP) is -6.53. The van der Waals surface area contributed by atoms with Gasteiger partial charge < -0.3 is 91.2 Å². The molecule has 1 heterocycles. The van der Waals surface area contributed by atoms with Gasteiger partial charge in [0.15, 0.2) is 12.1 Å². The lowest BCUT2D eigenvalue weighted by atomic mass is 9.95. The lowest BCUT2D eigenvalue weighted by molar-refractivity contribution is -0.141. The van der Waals surface area contributed by atoms with Crippen LogP contribution in [0.15, 0.2) is 35.3 Å². The van der Waals surface area contributed by atoms with Crippen LogP contribution in [0.25, 0.3) is 0 Å². The highest BCUT2D eigenvalue weighted by Crippen LogP contribution is 2.19. The Morgan fingerprint density at radius 1 is 0.613 bits per heavy atom. The second kappa shape index (κ2) is 30.4. The molecule has 14 atom stereocenters. The van der Waals surface area contributed by atoms with Crippen molar-refractivity contribution in [3.05, 3.63) is 35.9 Å². The zero-order valence-corrected chi connectivity index (χ0v) is 43.5. The molecule has 1 fully saturated rings. The minimum Gasteiger partial charge on any atom is -0.394 e. The van der Waals surface area contributed by atoms with E-state index in [2.05, 4.69) is 47.5 Å². The second-order valence-corrected chi connectivity index (χ2v) is 19.3. The number of rotatable bonds is 15. The number of aliphatic imine (C=N–C) groups is 1. The smallest absolute Gasteiger partial charge is 0.248 e. The topological polar surface area (TPSA) is 476 Å². The van der Waals surface area contributed by atoms with Crippen molar-refractivity contribution in [2.75, 3.05) is 13.2 Å². The quantitative estimate of drug-likeness (QED) is 0.0441. The van der Waals surface area contributed by atoms with Crippen LogP contribution in [0, 0.1) is 17.8 Å². The van der Waals surface area contributed by atoms with Crippen molar-refractivity contribution in [2.45, 2.75) is 160 Å². The Morgan fingerprint density at radius 2 is 1.11 bits per heavy atom. The van der Waals surface area contributed by atoms with Gasteiger partial charge in [0.05, 0.1) is 24.9 Å². The first-order valence-corrected chi connectivity index (χ1v) is 24.6. The molecule has 1 saturated heterocycles. The molecule has 1 aromatic rings. The third kappa shape index (κ3) is 19.7. The average Bonchev–Trinajstić information content (AvgIpc) is 3.35. The average molecular weight is 1060 g/mol. The van der Waals surface area contributed by atoms with Gasteiger partial charge in [0.2, 0.25) is 59.1 Å². The Balaban J connectivity index is 2.89. The lowest BCUT2D eigenvalue weighted by Gasteiger charge is -2.32. The zero-order chi connectivity index (χ0) is 57.0. The number of nitrogens with zero attached hydrogens (tertiary/aromatic N) is 1. The van der Waals surface area contributed by atoms with E-state index in [1.165, 1.54) is 38.1 Å². The molecule has 0 bridgehead atoms. The Kier molecular flexibility index (Phi) is 26.0. The summed E-state index contributed by atoms with van der Waals surface area (Å²) in [5, 5.41) is 64.6. The van der Waals surface area contributed by atoms with E-state index in [1.54, 1.807) is 33.8 Å². The van der Waals surface area contributed by atoms with Crippen LogP contribution in [-0.4, -0.2) is 171 Å². The number of aliphatic hydroxyl groups excluding tert-OH is 4. The van der Waals surface area contributed by atoms with Crippen molar-refractivity contribution in [1.82, 2.24) is 47.9 Å². The summed E-state index contributed by atoms with van der Waals surface area (Å²) in [5.74, 6) is -13.5. The van der Waals surface area contributed by atoms with Crippen LogP contribution in [0.4, 0.5) is 0 Å². The fourth-order valence-corrected chi connectivity index (χ4v) is 7.55. The number of hydrogen-bond donors (Lipinski definition) is 17. The Labute approximate surface area is 434 Å². The van der Waals surface area contributed by atoms with Crippen LogP contribution in [0.1, 0.15) is 92.7 Å². The Morgan fingerprint density at radius 3 is 1.64 bits per heavy atom. The highest BCUT2D eigenvalue weighted by atomic mass is 16.3. The fraction of sp³-hybridized carbons (Fsp3) is 0.638. The minimum atomic E-state index is -2.48. The molecule has 0 radical (unpaired) electrons. The molecule has 10 amide bonds. The zero-order valence-electron chi connectivity index (χ0n) is 43.5. The highest BCUT2D eigenvalue weighted by Gasteiger charge is 2.41. The summed E-state index contributed by atoms with van der Waals surface area (Å²) >= 11 is 0. The van der Waals surface area contributed by atoms with Gasteiger partial charge in [0, 0.05) is 6.54 Å². The van der Waals surface area contributed by atoms with Gasteiger partial charge in [-0.05, 0) is 56.4 Å². The normalized spacial score (nSPS) is 27.4. The molecular formula is C47H78N14O14. The van der Waals surface area contributed by atoms with E-state index < -0.39 is 156 Å². The standard InChI is InChI=1S/C47H78N14O14/c1-9-22(6)30-43(72)58-31(24(8)63)44(73)53-23(7)38(67)60-34(36(65)37(49)66)46(75)56-28(19-62)41(70)59-32(25-14-11-10-12-15-25)29(48)42(71)61-33(35(64)21(4)5)45(74)55-27(18-20(2)3)40(69)54-26(39(68)57-30)16-13-17-52-47(50)51/h10-12,14-15,20-24,26-36,62-65H,9,13,16-19,48H2,1-8H3,(H2,49,66)(H,53,73)(H,54,69)(H,55,74)(H,56,75)(H,57,68)(H,58,72)(H,59,70)(H,60,67)(H,61,71)(H4,50,51,52)/t22-,23+,24-,26+,27-,28-,29-,30-,31-,32+,33-,34?,35+,36-/m0/s1. The molecule has 28 heteroatoms. The molecule has 0 aromatic heterocycles. The molecule has 0 spiro atoms. The first-order valence-electron chi connectivity index (χ1n) is 24.6. The van der Waals surface area contributed by atoms with Gasteiger partial charge in [0.25, 0.3) is 0 Å². The summed E-state index contributed by atoms with van der Waals surface area (Å²) in [4.78, 5) is 142. The molecule has 75 heavy (non-hydrogen) atoms. The number of nitrogens with two attached hydrogens (primary N) is 4. The van der Waals surface area contributed by atoms with E-state index >= 15 is 0 Å². The van der Waals surface area contributed by atoms with Crippen LogP contribution in [-0.2, 0) is 47.9 Å². The molecule has 0 saturated carbocycles. The lowest BCUT2D eigenvalue weighted by Crippen LogP contribution is -2.64. The monoisotopic (exact) mass is 1060 g/mol. The van der Waals surface area contributed by atoms with Gasteiger partial charge in [-0.1, -0.05) is 78.3 Å². The molecule has 21 N–H and O–H groups in total. The van der Waals surface area contributed by atoms with Crippen LogP contribution < -0.4 is 70.8 Å². The summed E-state index contributed by atoms with van der Waals surface area (Å²) in [6.07, 6.45) is -5.60. The predicted molar refractivity (Wildman–Crippen MR) is 270 cm³/mol. The molecule has 420 valence electrons. The van der Waals surface area contributed by atoms with Crippen molar-refractivity contribution in [3.63, 3.8) is 0 Å². The Hall–Kier alpha value is -7.01. The third-order valence-electron chi connectivity index (χ3n) is 12.3. The number of aliphatic hydroxyl groups is 4. The number of carbonyl (C=O) groups is 10. The number of amides is 10. The summed E-state index contributed by atoms with van der Waals surface area (Å²) in [5.41, 5.74) is 23.0. The van der Waals surface area contributed by atoms with E-state index in [4.69, 9.17) is 22.9 Å². The SMILES string of the molecule is CC[C@H](C)[C@@H]1NC(=O)[C@@H](CCCN=C(N)N)NC(=O)[C@H](CC(C)C)NC(=O)[C@H]([C@H](O)C(C)C)NC(=O)[C@@H](N)[C@@H](c2ccccc2)NC(=O)[C@H](CO)NC(=O)C([C@H](O)C(N)=O)NC(=O)[C@@H](C)NC(=O)[C@H]([C@H](C)O)NC1=O. The maximum absolute atomic E-state index is 14.3. The van der Waals surface area contributed by atoms with Gasteiger partial charge in [-0.3, -0.25) is 52.9 Å². The van der Waals surface area contributed by atoms with E-state index in [1.807, 2.05) is 5.32 Å². The van der Waals surface area contributed by atoms with Crippen molar-refractivity contribution >= 4 is 65.0 Å². The van der Waals surface area contributed by atoms with Crippen LogP contribution in [0.3, 0.4) is 0 Å². The van der Waals surface area contributed by atoms with Crippen LogP contribution in [0.5, 0.6) is 0 Å². The van der Waals surface area contributed by atoms with Gasteiger partial charge in [-0.2, -0.15) is 0 Å². The number of benzene rings is 1. The maximum Gasteiger partial charge on any atom is 0.248 e. The highest BCUT2D eigenvalue weighted by molar-refractivity contribution is 6.00. The number of guanidine groups is 1. The van der Waals surface area contributed by atoms with Crippen LogP contribution in [0.2, 0.25) is 0 Å². The molecule has 1 aliphatic heterocycles. The number of hydrogen-bond acceptors (Lipinski definition) is 16. The molecule has 0 aliphatic carbocycles. The first kappa shape index (κ1) is 64.1. The minimum absolute atomic E-state index is 0.00193. The van der Waals surface area contributed by atoms with E-state index in [0.717, 1.165) is 13.8 Å². The van der Waals surface area contributed by atoms with Crippen molar-refractivity contribution in [2.24, 2.45) is 45.7 Å².